The lowest BCUT2D eigenvalue weighted by atomic mass is 10.1. The van der Waals surface area contributed by atoms with Crippen molar-refractivity contribution in [3.63, 3.8) is 0 Å². The predicted molar refractivity (Wildman–Crippen MR) is 110 cm³/mol. The summed E-state index contributed by atoms with van der Waals surface area (Å²) >= 11 is 0. The first-order valence-electron chi connectivity index (χ1n) is 9.12. The maximum absolute atomic E-state index is 12.1. The van der Waals surface area contributed by atoms with Gasteiger partial charge in [0.15, 0.2) is 11.3 Å². The van der Waals surface area contributed by atoms with Gasteiger partial charge in [-0.2, -0.15) is 15.2 Å². The molecule has 0 bridgehead atoms. The molecule has 0 aliphatic rings. The number of fused-ring (bicyclic) bond motifs is 1. The van der Waals surface area contributed by atoms with Crippen LogP contribution in [0.15, 0.2) is 47.9 Å². The van der Waals surface area contributed by atoms with Gasteiger partial charge in [-0.25, -0.2) is 18.1 Å². The molecule has 2 N–H and O–H groups in total. The van der Waals surface area contributed by atoms with Crippen molar-refractivity contribution >= 4 is 26.7 Å². The largest absolute Gasteiger partial charge is 0.364 e. The maximum Gasteiger partial charge on any atom is 0.249 e. The van der Waals surface area contributed by atoms with Crippen molar-refractivity contribution in [2.45, 2.75) is 31.5 Å². The second kappa shape index (κ2) is 7.28. The number of sulfone groups is 1. The lowest BCUT2D eigenvalue weighted by Gasteiger charge is -2.09. The van der Waals surface area contributed by atoms with Crippen LogP contribution in [0, 0.1) is 0 Å². The Balaban J connectivity index is 1.65. The minimum Gasteiger partial charge on any atom is -0.364 e. The second-order valence-electron chi connectivity index (χ2n) is 7.09. The fraction of sp³-hybridized carbons (Fsp3) is 0.263. The van der Waals surface area contributed by atoms with Crippen LogP contribution in [-0.2, 0) is 16.4 Å². The monoisotopic (exact) mass is 411 g/mol. The molecule has 150 valence electrons. The summed E-state index contributed by atoms with van der Waals surface area (Å²) in [5.41, 5.74) is 3.78. The number of hydrogen-bond donors (Lipinski definition) is 2. The van der Waals surface area contributed by atoms with Crippen molar-refractivity contribution in [1.29, 1.82) is 0 Å². The van der Waals surface area contributed by atoms with E-state index in [2.05, 4.69) is 30.6 Å². The Labute approximate surface area is 168 Å². The van der Waals surface area contributed by atoms with Crippen molar-refractivity contribution < 1.29 is 8.42 Å². The van der Waals surface area contributed by atoms with Gasteiger partial charge in [0.25, 0.3) is 0 Å². The standard InChI is InChI=1S/C19H21N7O2S/c1-12(2)15-16-17(25-24-15)18(23-19(22-16)29(3,27)28)20-11-13-5-7-14(8-6-13)26-10-4-9-21-26/h4-10,12H,11H2,1-3H3,(H,24,25)(H,20,22,23). The highest BCUT2D eigenvalue weighted by Gasteiger charge is 2.20. The highest BCUT2D eigenvalue weighted by Crippen LogP contribution is 2.27. The third kappa shape index (κ3) is 3.83. The fourth-order valence-corrected chi connectivity index (χ4v) is 3.48. The Kier molecular flexibility index (Phi) is 4.79. The minimum absolute atomic E-state index is 0.116. The SMILES string of the molecule is CC(C)c1[nH]nc2c(NCc3ccc(-n4cccn4)cc3)nc(S(C)(=O)=O)nc12. The van der Waals surface area contributed by atoms with Gasteiger partial charge in [0.1, 0.15) is 5.52 Å². The summed E-state index contributed by atoms with van der Waals surface area (Å²) in [6.07, 6.45) is 4.70. The van der Waals surface area contributed by atoms with Crippen molar-refractivity contribution in [2.75, 3.05) is 11.6 Å². The highest BCUT2D eigenvalue weighted by atomic mass is 32.2. The predicted octanol–water partition coefficient (Wildman–Crippen LogP) is 2.68. The van der Waals surface area contributed by atoms with Gasteiger partial charge in [-0.15, -0.1) is 0 Å². The van der Waals surface area contributed by atoms with E-state index in [1.54, 1.807) is 10.9 Å². The smallest absolute Gasteiger partial charge is 0.249 e. The van der Waals surface area contributed by atoms with Crippen molar-refractivity contribution in [2.24, 2.45) is 0 Å². The van der Waals surface area contributed by atoms with E-state index in [4.69, 9.17) is 0 Å². The Hall–Kier alpha value is -3.27. The van der Waals surface area contributed by atoms with Crippen LogP contribution in [0.25, 0.3) is 16.7 Å². The van der Waals surface area contributed by atoms with E-state index < -0.39 is 9.84 Å². The molecule has 0 aliphatic carbocycles. The van der Waals surface area contributed by atoms with E-state index in [1.165, 1.54) is 0 Å². The summed E-state index contributed by atoms with van der Waals surface area (Å²) in [6.45, 7) is 4.44. The zero-order chi connectivity index (χ0) is 20.6. The number of anilines is 1. The van der Waals surface area contributed by atoms with Gasteiger partial charge in [-0.1, -0.05) is 26.0 Å². The zero-order valence-corrected chi connectivity index (χ0v) is 17.1. The van der Waals surface area contributed by atoms with Crippen LogP contribution in [0.1, 0.15) is 31.0 Å². The van der Waals surface area contributed by atoms with Gasteiger partial charge in [0.2, 0.25) is 15.0 Å². The topological polar surface area (TPSA) is 118 Å². The molecule has 0 fully saturated rings. The van der Waals surface area contributed by atoms with Crippen molar-refractivity contribution in [3.05, 3.63) is 54.0 Å². The molecule has 9 nitrogen and oxygen atoms in total. The zero-order valence-electron chi connectivity index (χ0n) is 16.3. The third-order valence-electron chi connectivity index (χ3n) is 4.48. The van der Waals surface area contributed by atoms with Crippen LogP contribution in [-0.4, -0.2) is 44.6 Å². The van der Waals surface area contributed by atoms with Gasteiger partial charge in [-0.05, 0) is 29.7 Å². The molecule has 0 saturated heterocycles. The summed E-state index contributed by atoms with van der Waals surface area (Å²) < 4.78 is 25.9. The van der Waals surface area contributed by atoms with Crippen LogP contribution >= 0.6 is 0 Å². The lowest BCUT2D eigenvalue weighted by molar-refractivity contribution is 0.594. The van der Waals surface area contributed by atoms with E-state index in [1.807, 2.05) is 50.4 Å². The van der Waals surface area contributed by atoms with Crippen LogP contribution < -0.4 is 5.32 Å². The molecule has 10 heteroatoms. The molecule has 29 heavy (non-hydrogen) atoms. The third-order valence-corrected chi connectivity index (χ3v) is 5.33. The van der Waals surface area contributed by atoms with E-state index >= 15 is 0 Å². The first kappa shape index (κ1) is 19.1. The van der Waals surface area contributed by atoms with Gasteiger partial charge in [0.05, 0.1) is 11.4 Å². The molecule has 3 heterocycles. The number of nitrogens with zero attached hydrogens (tertiary/aromatic N) is 5. The second-order valence-corrected chi connectivity index (χ2v) is 9.00. The first-order chi connectivity index (χ1) is 13.8. The number of rotatable bonds is 6. The molecular formula is C19H21N7O2S. The Morgan fingerprint density at radius 1 is 1.14 bits per heavy atom. The summed E-state index contributed by atoms with van der Waals surface area (Å²) in [5.74, 6) is 0.500. The number of nitrogens with one attached hydrogen (secondary N) is 2. The molecule has 1 aromatic carbocycles. The average molecular weight is 411 g/mol. The Morgan fingerprint density at radius 3 is 2.52 bits per heavy atom. The molecule has 0 radical (unpaired) electrons. The molecule has 0 spiro atoms. The van der Waals surface area contributed by atoms with E-state index in [-0.39, 0.29) is 11.1 Å². The normalized spacial score (nSPS) is 12.0. The number of aromatic amines is 1. The average Bonchev–Trinajstić information content (AvgIpc) is 3.35. The number of benzene rings is 1. The Bertz CT molecular complexity index is 1240. The summed E-state index contributed by atoms with van der Waals surface area (Å²) in [6, 6.07) is 9.75. The fourth-order valence-electron chi connectivity index (χ4n) is 2.96. The lowest BCUT2D eigenvalue weighted by Crippen LogP contribution is -2.09. The van der Waals surface area contributed by atoms with Crippen LogP contribution in [0.4, 0.5) is 5.82 Å². The van der Waals surface area contributed by atoms with Crippen LogP contribution in [0.5, 0.6) is 0 Å². The highest BCUT2D eigenvalue weighted by molar-refractivity contribution is 7.90. The summed E-state index contributed by atoms with van der Waals surface area (Å²) in [5, 5.41) is 14.5. The number of H-pyrrole nitrogens is 1. The van der Waals surface area contributed by atoms with E-state index in [0.29, 0.717) is 23.4 Å². The molecule has 0 aliphatic heterocycles. The van der Waals surface area contributed by atoms with Gasteiger partial charge < -0.3 is 5.32 Å². The van der Waals surface area contributed by atoms with Crippen molar-refractivity contribution in [1.82, 2.24) is 29.9 Å². The minimum atomic E-state index is -3.56. The molecule has 0 unspecified atom stereocenters. The molecule has 4 aromatic rings. The van der Waals surface area contributed by atoms with E-state index in [0.717, 1.165) is 23.2 Å². The molecule has 0 amide bonds. The van der Waals surface area contributed by atoms with Crippen molar-refractivity contribution in [3.8, 4) is 5.69 Å². The first-order valence-corrected chi connectivity index (χ1v) is 11.0. The molecule has 4 rings (SSSR count). The summed E-state index contributed by atoms with van der Waals surface area (Å²) in [4.78, 5) is 8.45. The number of aromatic nitrogens is 6. The summed E-state index contributed by atoms with van der Waals surface area (Å²) in [7, 11) is -3.56. The molecular weight excluding hydrogens is 390 g/mol. The van der Waals surface area contributed by atoms with Crippen LogP contribution in [0.3, 0.4) is 0 Å². The van der Waals surface area contributed by atoms with Gasteiger partial charge in [-0.3, -0.25) is 5.10 Å². The molecule has 3 aromatic heterocycles. The Morgan fingerprint density at radius 2 is 1.90 bits per heavy atom. The quantitative estimate of drug-likeness (QED) is 0.468. The maximum atomic E-state index is 12.1. The molecule has 0 atom stereocenters. The van der Waals surface area contributed by atoms with Gasteiger partial charge in [0, 0.05) is 25.2 Å². The molecule has 0 saturated carbocycles. The van der Waals surface area contributed by atoms with E-state index in [9.17, 15) is 8.42 Å². The number of hydrogen-bond acceptors (Lipinski definition) is 7. The van der Waals surface area contributed by atoms with Gasteiger partial charge >= 0.3 is 0 Å². The van der Waals surface area contributed by atoms with Crippen LogP contribution in [0.2, 0.25) is 0 Å².